The van der Waals surface area contributed by atoms with Gasteiger partial charge in [0.1, 0.15) is 43.2 Å². The number of ether oxygens (including phenoxy) is 2. The molecule has 1 rings (SSSR count). The molecule has 0 aliphatic heterocycles. The lowest BCUT2D eigenvalue weighted by atomic mass is 9.85. The second-order valence-corrected chi connectivity index (χ2v) is 19.1. The Labute approximate surface area is 392 Å². The van der Waals surface area contributed by atoms with Gasteiger partial charge in [-0.25, -0.2) is 4.57 Å². The van der Waals surface area contributed by atoms with E-state index in [9.17, 15) is 44.6 Å². The number of carbonyl (C=O) groups is 2. The number of allylic oxidation sites excluding steroid dienone is 8. The van der Waals surface area contributed by atoms with Crippen molar-refractivity contribution in [3.8, 4) is 0 Å². The molecule has 6 N–H and O–H groups in total. The van der Waals surface area contributed by atoms with Crippen molar-refractivity contribution in [2.75, 3.05) is 13.2 Å². The van der Waals surface area contributed by atoms with E-state index in [0.717, 1.165) is 51.4 Å². The lowest BCUT2D eigenvalue weighted by molar-refractivity contribution is -0.220. The van der Waals surface area contributed by atoms with Crippen LogP contribution in [0.1, 0.15) is 206 Å². The first-order valence-corrected chi connectivity index (χ1v) is 26.9. The fourth-order valence-electron chi connectivity index (χ4n) is 7.53. The molecule has 14 heteroatoms. The average Bonchev–Trinajstić information content (AvgIpc) is 3.29. The molecule has 1 aliphatic rings. The van der Waals surface area contributed by atoms with Crippen LogP contribution in [0.15, 0.2) is 48.6 Å². The van der Waals surface area contributed by atoms with Crippen LogP contribution in [0.4, 0.5) is 0 Å². The molecule has 1 saturated carbocycles. The minimum Gasteiger partial charge on any atom is -0.462 e. The van der Waals surface area contributed by atoms with E-state index < -0.39 is 75.7 Å². The van der Waals surface area contributed by atoms with Crippen LogP contribution >= 0.6 is 7.82 Å². The number of esters is 2. The van der Waals surface area contributed by atoms with Crippen molar-refractivity contribution in [1.82, 2.24) is 0 Å². The Morgan fingerprint density at radius 2 is 0.846 bits per heavy atom. The molecule has 0 saturated heterocycles. The van der Waals surface area contributed by atoms with Crippen LogP contribution in [0, 0.1) is 0 Å². The quantitative estimate of drug-likeness (QED) is 0.0146. The number of aliphatic hydroxyl groups is 5. The highest BCUT2D eigenvalue weighted by Crippen LogP contribution is 2.47. The minimum atomic E-state index is -5.14. The van der Waals surface area contributed by atoms with E-state index in [-0.39, 0.29) is 12.8 Å². The van der Waals surface area contributed by atoms with Crippen LogP contribution in [-0.4, -0.2) is 98.3 Å². The third kappa shape index (κ3) is 33.0. The van der Waals surface area contributed by atoms with Gasteiger partial charge in [0, 0.05) is 12.8 Å². The lowest BCUT2D eigenvalue weighted by Crippen LogP contribution is -2.64. The van der Waals surface area contributed by atoms with Crippen LogP contribution in [0.3, 0.4) is 0 Å². The first-order valence-electron chi connectivity index (χ1n) is 25.4. The van der Waals surface area contributed by atoms with E-state index in [2.05, 4.69) is 50.3 Å². The predicted molar refractivity (Wildman–Crippen MR) is 258 cm³/mol. The van der Waals surface area contributed by atoms with Gasteiger partial charge in [0.15, 0.2) is 6.10 Å². The molecule has 0 spiro atoms. The van der Waals surface area contributed by atoms with E-state index in [4.69, 9.17) is 18.5 Å². The third-order valence-electron chi connectivity index (χ3n) is 11.6. The number of hydrogen-bond acceptors (Lipinski definition) is 12. The zero-order valence-electron chi connectivity index (χ0n) is 40.3. The number of aliphatic hydroxyl groups excluding tert-OH is 5. The Balaban J connectivity index is 2.44. The fourth-order valence-corrected chi connectivity index (χ4v) is 8.51. The molecule has 0 aromatic carbocycles. The molecule has 0 aromatic rings. The van der Waals surface area contributed by atoms with Gasteiger partial charge in [0.05, 0.1) is 6.61 Å². The van der Waals surface area contributed by atoms with E-state index in [1.165, 1.54) is 109 Å². The van der Waals surface area contributed by atoms with Gasteiger partial charge < -0.3 is 39.9 Å². The molecule has 0 radical (unpaired) electrons. The van der Waals surface area contributed by atoms with Gasteiger partial charge in [-0.3, -0.25) is 18.6 Å². The maximum atomic E-state index is 12.8. The summed E-state index contributed by atoms with van der Waals surface area (Å²) in [5.74, 6) is -1.16. The summed E-state index contributed by atoms with van der Waals surface area (Å²) in [4.78, 5) is 35.8. The van der Waals surface area contributed by atoms with Crippen molar-refractivity contribution in [3.05, 3.63) is 48.6 Å². The smallest absolute Gasteiger partial charge is 0.462 e. The Hall–Kier alpha value is -2.19. The van der Waals surface area contributed by atoms with Gasteiger partial charge in [-0.1, -0.05) is 172 Å². The molecule has 1 aliphatic carbocycles. The van der Waals surface area contributed by atoms with Crippen LogP contribution < -0.4 is 0 Å². The van der Waals surface area contributed by atoms with Crippen molar-refractivity contribution < 1.29 is 63.1 Å². The minimum absolute atomic E-state index is 0.0244. The summed E-state index contributed by atoms with van der Waals surface area (Å²) in [6.07, 6.45) is 35.9. The Kier molecular flexibility index (Phi) is 38.2. The molecule has 0 heterocycles. The average molecular weight is 943 g/mol. The van der Waals surface area contributed by atoms with Crippen LogP contribution in [-0.2, 0) is 32.7 Å². The SMILES string of the molecule is CCCCCCCC/C=C/C/C=C/C/C=C/CCCC(=O)O[C@@H](COC(=O)CCCCCCCCCCC/C=C/CCCCCCCC)COP(=O)(O)OC1C(O)C(O)C(O)[C@H](O)C1O. The molecule has 0 amide bonds. The van der Waals surface area contributed by atoms with Gasteiger partial charge >= 0.3 is 19.8 Å². The second-order valence-electron chi connectivity index (χ2n) is 17.7. The van der Waals surface area contributed by atoms with Gasteiger partial charge in [-0.2, -0.15) is 0 Å². The highest BCUT2D eigenvalue weighted by Gasteiger charge is 2.51. The van der Waals surface area contributed by atoms with Gasteiger partial charge in [-0.05, 0) is 70.6 Å². The first kappa shape index (κ1) is 60.8. The lowest BCUT2D eigenvalue weighted by Gasteiger charge is -2.41. The van der Waals surface area contributed by atoms with E-state index >= 15 is 0 Å². The summed E-state index contributed by atoms with van der Waals surface area (Å²) in [7, 11) is -5.14. The van der Waals surface area contributed by atoms with E-state index in [0.29, 0.717) is 19.3 Å². The highest BCUT2D eigenvalue weighted by atomic mass is 31.2. The standard InChI is InChI=1S/C51H91O13P/c1-3-5-7-9-11-13-15-17-19-21-22-24-25-27-29-31-33-35-37-39-44(52)61-41-43(42-62-65(59,60)64-51-49(57)47(55)46(54)48(56)50(51)58)63-45(53)40-38-36-34-32-30-28-26-23-20-18-16-14-12-10-8-6-4-2/h17-20,26,28,32,34,43,46-51,54-58H,3-16,21-25,27,29-31,33,35-42H2,1-2H3,(H,59,60)/b19-17+,20-18+,28-26+,34-32+/t43-,46?,47-,48?,49?,50?,51?/m0/s1. The zero-order chi connectivity index (χ0) is 47.8. The maximum Gasteiger partial charge on any atom is 0.472 e. The zero-order valence-corrected chi connectivity index (χ0v) is 41.2. The topological polar surface area (TPSA) is 210 Å². The van der Waals surface area contributed by atoms with Crippen molar-refractivity contribution >= 4 is 19.8 Å². The molecular formula is C51H91O13P. The van der Waals surface area contributed by atoms with Crippen molar-refractivity contribution in [2.24, 2.45) is 0 Å². The van der Waals surface area contributed by atoms with Gasteiger partial charge in [0.2, 0.25) is 0 Å². The maximum absolute atomic E-state index is 12.8. The largest absolute Gasteiger partial charge is 0.472 e. The van der Waals surface area contributed by atoms with Crippen molar-refractivity contribution in [1.29, 1.82) is 0 Å². The molecule has 65 heavy (non-hydrogen) atoms. The third-order valence-corrected chi connectivity index (χ3v) is 12.6. The van der Waals surface area contributed by atoms with Crippen LogP contribution in [0.2, 0.25) is 0 Å². The Morgan fingerprint density at radius 3 is 1.32 bits per heavy atom. The highest BCUT2D eigenvalue weighted by molar-refractivity contribution is 7.47. The summed E-state index contributed by atoms with van der Waals surface area (Å²) in [6.45, 7) is 3.26. The number of phosphoric ester groups is 1. The van der Waals surface area contributed by atoms with Gasteiger partial charge in [-0.15, -0.1) is 0 Å². The van der Waals surface area contributed by atoms with E-state index in [1.54, 1.807) is 0 Å². The first-order chi connectivity index (χ1) is 31.4. The molecule has 6 unspecified atom stereocenters. The van der Waals surface area contributed by atoms with Gasteiger partial charge in [0.25, 0.3) is 0 Å². The predicted octanol–water partition coefficient (Wildman–Crippen LogP) is 10.7. The molecule has 0 bridgehead atoms. The van der Waals surface area contributed by atoms with E-state index in [1.807, 2.05) is 12.2 Å². The number of phosphoric acid groups is 1. The summed E-state index contributed by atoms with van der Waals surface area (Å²) >= 11 is 0. The van der Waals surface area contributed by atoms with Crippen LogP contribution in [0.5, 0.6) is 0 Å². The summed E-state index contributed by atoms with van der Waals surface area (Å²) in [6, 6.07) is 0. The molecule has 8 atom stereocenters. The molecular weight excluding hydrogens is 852 g/mol. The molecule has 13 nitrogen and oxygen atoms in total. The van der Waals surface area contributed by atoms with Crippen LogP contribution in [0.25, 0.3) is 0 Å². The molecule has 378 valence electrons. The summed E-state index contributed by atoms with van der Waals surface area (Å²) < 4.78 is 33.6. The van der Waals surface area contributed by atoms with Crippen molar-refractivity contribution in [2.45, 2.75) is 249 Å². The number of carbonyl (C=O) groups excluding carboxylic acids is 2. The van der Waals surface area contributed by atoms with Crippen molar-refractivity contribution in [3.63, 3.8) is 0 Å². The summed E-state index contributed by atoms with van der Waals surface area (Å²) in [5.41, 5.74) is 0. The monoisotopic (exact) mass is 943 g/mol. The molecule has 1 fully saturated rings. The number of unbranched alkanes of at least 4 members (excludes halogenated alkanes) is 22. The Morgan fingerprint density at radius 1 is 0.477 bits per heavy atom. The number of hydrogen-bond donors (Lipinski definition) is 6. The Bertz CT molecular complexity index is 1320. The second kappa shape index (κ2) is 40.8. The number of rotatable bonds is 42. The fraction of sp³-hybridized carbons (Fsp3) is 0.804. The summed E-state index contributed by atoms with van der Waals surface area (Å²) in [5, 5.41) is 50.2. The normalized spacial score (nSPS) is 21.8. The molecule has 0 aromatic heterocycles.